The molecule has 0 saturated carbocycles. The third-order valence-corrected chi connectivity index (χ3v) is 4.22. The molecular formula is C16H22BrN3. The van der Waals surface area contributed by atoms with Crippen LogP contribution in [0, 0.1) is 17.8 Å². The van der Waals surface area contributed by atoms with Crippen molar-refractivity contribution in [1.29, 1.82) is 0 Å². The molecule has 0 spiro atoms. The number of fused-ring (bicyclic) bond motifs is 1. The first-order valence-electron chi connectivity index (χ1n) is 7.13. The molecular weight excluding hydrogens is 314 g/mol. The second-order valence-electron chi connectivity index (χ2n) is 5.91. The Morgan fingerprint density at radius 2 is 1.85 bits per heavy atom. The highest BCUT2D eigenvalue weighted by molar-refractivity contribution is 9.10. The van der Waals surface area contributed by atoms with Crippen molar-refractivity contribution in [2.75, 3.05) is 11.9 Å². The fourth-order valence-corrected chi connectivity index (χ4v) is 2.94. The van der Waals surface area contributed by atoms with Gasteiger partial charge in [0.2, 0.25) is 0 Å². The maximum Gasteiger partial charge on any atom is 0.112 e. The van der Waals surface area contributed by atoms with E-state index in [9.17, 15) is 0 Å². The zero-order valence-electron chi connectivity index (χ0n) is 12.5. The molecule has 0 fully saturated rings. The Morgan fingerprint density at radius 3 is 2.50 bits per heavy atom. The number of hydrogen-bond donors (Lipinski definition) is 1. The minimum absolute atomic E-state index is 0.647. The van der Waals surface area contributed by atoms with Gasteiger partial charge < -0.3 is 5.32 Å². The van der Waals surface area contributed by atoms with E-state index in [-0.39, 0.29) is 0 Å². The smallest absolute Gasteiger partial charge is 0.112 e. The lowest BCUT2D eigenvalue weighted by molar-refractivity contribution is 0.304. The van der Waals surface area contributed by atoms with Gasteiger partial charge in [0.15, 0.2) is 0 Å². The minimum atomic E-state index is 0.647. The Kier molecular flexibility index (Phi) is 4.97. The molecule has 0 aliphatic rings. The zero-order chi connectivity index (χ0) is 14.7. The van der Waals surface area contributed by atoms with Gasteiger partial charge in [-0.05, 0) is 45.8 Å². The number of aromatic nitrogens is 2. The molecule has 0 amide bonds. The van der Waals surface area contributed by atoms with Crippen molar-refractivity contribution in [2.24, 2.45) is 17.8 Å². The summed E-state index contributed by atoms with van der Waals surface area (Å²) >= 11 is 3.43. The number of hydrogen-bond acceptors (Lipinski definition) is 3. The van der Waals surface area contributed by atoms with Gasteiger partial charge in [0.05, 0.1) is 11.2 Å². The molecule has 0 radical (unpaired) electrons. The van der Waals surface area contributed by atoms with Crippen LogP contribution in [-0.2, 0) is 0 Å². The summed E-state index contributed by atoms with van der Waals surface area (Å²) in [5.74, 6) is 1.98. The highest BCUT2D eigenvalue weighted by atomic mass is 79.9. The first-order valence-corrected chi connectivity index (χ1v) is 7.92. The van der Waals surface area contributed by atoms with Crippen LogP contribution in [0.1, 0.15) is 27.7 Å². The molecule has 2 aromatic rings. The van der Waals surface area contributed by atoms with Crippen molar-refractivity contribution in [1.82, 2.24) is 9.97 Å². The highest BCUT2D eigenvalue weighted by Gasteiger charge is 2.17. The van der Waals surface area contributed by atoms with Gasteiger partial charge in [-0.1, -0.05) is 27.7 Å². The van der Waals surface area contributed by atoms with E-state index < -0.39 is 0 Å². The lowest BCUT2D eigenvalue weighted by atomic mass is 9.85. The first-order chi connectivity index (χ1) is 9.49. The van der Waals surface area contributed by atoms with Crippen molar-refractivity contribution < 1.29 is 0 Å². The summed E-state index contributed by atoms with van der Waals surface area (Å²) in [7, 11) is 0. The van der Waals surface area contributed by atoms with Crippen LogP contribution in [0.5, 0.6) is 0 Å². The van der Waals surface area contributed by atoms with Crippen molar-refractivity contribution in [3.63, 3.8) is 0 Å². The molecule has 0 aliphatic carbocycles. The zero-order valence-corrected chi connectivity index (χ0v) is 14.1. The Hall–Kier alpha value is -1.16. The Balaban J connectivity index is 2.21. The van der Waals surface area contributed by atoms with Gasteiger partial charge in [-0.15, -0.1) is 0 Å². The second-order valence-corrected chi connectivity index (χ2v) is 6.83. The van der Waals surface area contributed by atoms with Crippen molar-refractivity contribution in [3.05, 3.63) is 29.0 Å². The maximum atomic E-state index is 4.48. The van der Waals surface area contributed by atoms with Gasteiger partial charge in [0.25, 0.3) is 0 Å². The number of nitrogens with zero attached hydrogens (tertiary/aromatic N) is 2. The van der Waals surface area contributed by atoms with E-state index in [2.05, 4.69) is 58.9 Å². The first kappa shape index (κ1) is 15.2. The molecule has 0 saturated heterocycles. The molecule has 0 aromatic carbocycles. The fourth-order valence-electron chi connectivity index (χ4n) is 2.62. The number of rotatable bonds is 5. The van der Waals surface area contributed by atoms with E-state index >= 15 is 0 Å². The quantitative estimate of drug-likeness (QED) is 0.857. The number of halogens is 1. The molecule has 1 N–H and O–H groups in total. The standard InChI is InChI=1S/C16H22BrN3/c1-10(2)13(11(3)4)9-19-14-5-6-18-15-7-12(17)8-20-16(14)15/h5-8,10-11,13H,9H2,1-4H3,(H,18,19). The molecule has 0 aliphatic heterocycles. The fraction of sp³-hybridized carbons (Fsp3) is 0.500. The van der Waals surface area contributed by atoms with Crippen LogP contribution in [0.4, 0.5) is 5.69 Å². The predicted molar refractivity (Wildman–Crippen MR) is 88.9 cm³/mol. The van der Waals surface area contributed by atoms with Crippen LogP contribution < -0.4 is 5.32 Å². The minimum Gasteiger partial charge on any atom is -0.383 e. The molecule has 0 unspecified atom stereocenters. The molecule has 2 heterocycles. The Morgan fingerprint density at radius 1 is 1.15 bits per heavy atom. The average molecular weight is 336 g/mol. The molecule has 108 valence electrons. The largest absolute Gasteiger partial charge is 0.383 e. The Bertz CT molecular complexity index is 573. The maximum absolute atomic E-state index is 4.48. The summed E-state index contributed by atoms with van der Waals surface area (Å²) in [4.78, 5) is 8.84. The monoisotopic (exact) mass is 335 g/mol. The third kappa shape index (κ3) is 3.48. The molecule has 2 rings (SSSR count). The SMILES string of the molecule is CC(C)C(CNc1ccnc2cc(Br)cnc12)C(C)C. The second kappa shape index (κ2) is 6.53. The van der Waals surface area contributed by atoms with Gasteiger partial charge in [0.1, 0.15) is 5.52 Å². The number of nitrogens with one attached hydrogen (secondary N) is 1. The third-order valence-electron chi connectivity index (χ3n) is 3.78. The van der Waals surface area contributed by atoms with Crippen LogP contribution in [0.2, 0.25) is 0 Å². The van der Waals surface area contributed by atoms with Gasteiger partial charge in [-0.3, -0.25) is 9.97 Å². The predicted octanol–water partition coefficient (Wildman–Crippen LogP) is 4.73. The van der Waals surface area contributed by atoms with Gasteiger partial charge in [-0.2, -0.15) is 0 Å². The lowest BCUT2D eigenvalue weighted by Gasteiger charge is -2.25. The molecule has 2 aromatic heterocycles. The molecule has 3 nitrogen and oxygen atoms in total. The molecule has 20 heavy (non-hydrogen) atoms. The van der Waals surface area contributed by atoms with E-state index in [1.807, 2.05) is 24.5 Å². The molecule has 0 atom stereocenters. The summed E-state index contributed by atoms with van der Waals surface area (Å²) in [6.07, 6.45) is 3.65. The summed E-state index contributed by atoms with van der Waals surface area (Å²) in [6, 6.07) is 4.00. The van der Waals surface area contributed by atoms with E-state index in [0.717, 1.165) is 27.7 Å². The highest BCUT2D eigenvalue weighted by Crippen LogP contribution is 2.25. The van der Waals surface area contributed by atoms with Gasteiger partial charge >= 0.3 is 0 Å². The lowest BCUT2D eigenvalue weighted by Crippen LogP contribution is -2.24. The topological polar surface area (TPSA) is 37.8 Å². The van der Waals surface area contributed by atoms with Crippen molar-refractivity contribution in [3.8, 4) is 0 Å². The number of pyridine rings is 2. The van der Waals surface area contributed by atoms with E-state index in [0.29, 0.717) is 17.8 Å². The van der Waals surface area contributed by atoms with Crippen molar-refractivity contribution >= 4 is 32.7 Å². The van der Waals surface area contributed by atoms with Crippen LogP contribution in [0.15, 0.2) is 29.0 Å². The number of anilines is 1. The van der Waals surface area contributed by atoms with E-state index in [1.54, 1.807) is 0 Å². The van der Waals surface area contributed by atoms with Crippen molar-refractivity contribution in [2.45, 2.75) is 27.7 Å². The summed E-state index contributed by atoms with van der Waals surface area (Å²) in [5, 5.41) is 3.55. The normalized spacial score (nSPS) is 11.8. The average Bonchev–Trinajstić information content (AvgIpc) is 2.37. The Labute approximate surface area is 129 Å². The van der Waals surface area contributed by atoms with Gasteiger partial charge in [0, 0.05) is 23.4 Å². The summed E-state index contributed by atoms with van der Waals surface area (Å²) in [6.45, 7) is 10.1. The van der Waals surface area contributed by atoms with Gasteiger partial charge in [-0.25, -0.2) is 0 Å². The van der Waals surface area contributed by atoms with E-state index in [4.69, 9.17) is 0 Å². The van der Waals surface area contributed by atoms with Crippen LogP contribution in [0.25, 0.3) is 11.0 Å². The molecule has 0 bridgehead atoms. The summed E-state index contributed by atoms with van der Waals surface area (Å²) < 4.78 is 0.955. The van der Waals surface area contributed by atoms with Crippen LogP contribution in [0.3, 0.4) is 0 Å². The summed E-state index contributed by atoms with van der Waals surface area (Å²) in [5.41, 5.74) is 2.91. The molecule has 4 heteroatoms. The van der Waals surface area contributed by atoms with Crippen LogP contribution in [-0.4, -0.2) is 16.5 Å². The van der Waals surface area contributed by atoms with E-state index in [1.165, 1.54) is 0 Å². The van der Waals surface area contributed by atoms with Crippen LogP contribution >= 0.6 is 15.9 Å².